The number of anilines is 1. The van der Waals surface area contributed by atoms with Crippen molar-refractivity contribution in [3.63, 3.8) is 0 Å². The molecule has 314 valence electrons. The van der Waals surface area contributed by atoms with Crippen LogP contribution in [-0.4, -0.2) is 47.8 Å². The number of rotatable bonds is 14. The van der Waals surface area contributed by atoms with Crippen molar-refractivity contribution >= 4 is 78.4 Å². The number of nitrogens with one attached hydrogen (secondary N) is 3. The quantitative estimate of drug-likeness (QED) is 0.0341. The minimum atomic E-state index is -4.06. The molecular weight excluding hydrogens is 929 g/mol. The van der Waals surface area contributed by atoms with Gasteiger partial charge in [-0.15, -0.1) is 10.9 Å². The number of aliphatic hydroxyl groups excluding tert-OH is 1. The van der Waals surface area contributed by atoms with Crippen LogP contribution < -0.4 is 73.1 Å². The summed E-state index contributed by atoms with van der Waals surface area (Å²) in [6.45, 7) is 2.28. The third-order valence-electron chi connectivity index (χ3n) is 6.58. The first-order chi connectivity index (χ1) is 27.3. The summed E-state index contributed by atoms with van der Waals surface area (Å²) in [5.41, 5.74) is -1.36. The largest absolute Gasteiger partial charge is 3.00 e. The molecule has 0 unspecified atom stereocenters. The number of carbonyl (C=O) groups is 1. The van der Waals surface area contributed by atoms with Crippen LogP contribution in [0.2, 0.25) is 10.0 Å². The van der Waals surface area contributed by atoms with Crippen LogP contribution in [0.1, 0.15) is 13.8 Å². The van der Waals surface area contributed by atoms with Crippen LogP contribution >= 0.6 is 23.2 Å². The molecule has 0 aliphatic rings. The summed E-state index contributed by atoms with van der Waals surface area (Å²) in [4.78, 5) is 16.1. The zero-order valence-corrected chi connectivity index (χ0v) is 37.8. The van der Waals surface area contributed by atoms with Gasteiger partial charge < -0.3 is 39.2 Å². The third kappa shape index (κ3) is 16.7. The van der Waals surface area contributed by atoms with Gasteiger partial charge in [0.1, 0.15) is 17.3 Å². The minimum Gasteiger partial charge on any atom is -0.874 e. The summed E-state index contributed by atoms with van der Waals surface area (Å²) in [7, 11) is -5.83. The Labute approximate surface area is 386 Å². The monoisotopic (exact) mass is 958 g/mol. The molecule has 0 heterocycles. The standard InChI is InChI=1S/2C17H17ClN4O6S.Co.Na/c2*1-10(23)16(17(25)20-13-6-4-3-5-12(13)18)22-21-14-9-11(7-8-15(14)24)28-29(26,27)19-2;;/h2*3-9,19,23-24H,1-2H3,(H,20,25);;/q;;+3;+1/p-4/b2*16-10-,22-21?;;. The van der Waals surface area contributed by atoms with E-state index in [4.69, 9.17) is 27.4 Å². The molecule has 4 aromatic rings. The number of amides is 1. The molecule has 1 amide bonds. The zero-order valence-electron chi connectivity index (χ0n) is 31.7. The van der Waals surface area contributed by atoms with E-state index < -0.39 is 66.8 Å². The number of nitrogens with zero attached hydrogens (tertiary/aromatic N) is 5. The number of carbonyl (C=O) groups excluding carboxylic acids is 1. The minimum absolute atomic E-state index is 0. The molecule has 0 aromatic heterocycles. The summed E-state index contributed by atoms with van der Waals surface area (Å²) in [6, 6.07) is 18.9. The molecule has 0 bridgehead atoms. The van der Waals surface area contributed by atoms with Gasteiger partial charge in [-0.1, -0.05) is 78.0 Å². The first-order valence-electron chi connectivity index (χ1n) is 15.8. The van der Waals surface area contributed by atoms with E-state index in [1.807, 2.05) is 9.44 Å². The Morgan fingerprint density at radius 1 is 0.700 bits per heavy atom. The predicted molar refractivity (Wildman–Crippen MR) is 205 cm³/mol. The van der Waals surface area contributed by atoms with Crippen LogP contribution in [0.15, 0.2) is 133 Å². The second kappa shape index (κ2) is 24.5. The van der Waals surface area contributed by atoms with Crippen molar-refractivity contribution in [3.05, 3.63) is 118 Å². The van der Waals surface area contributed by atoms with E-state index in [2.05, 4.69) is 34.9 Å². The van der Waals surface area contributed by atoms with Gasteiger partial charge in [0.05, 0.1) is 38.5 Å². The van der Waals surface area contributed by atoms with Gasteiger partial charge in [0, 0.05) is 32.1 Å². The second-order valence-electron chi connectivity index (χ2n) is 10.8. The van der Waals surface area contributed by atoms with E-state index in [1.165, 1.54) is 19.1 Å². The number of halogens is 2. The van der Waals surface area contributed by atoms with Crippen LogP contribution in [0.25, 0.3) is 0 Å². The molecule has 20 nitrogen and oxygen atoms in total. The number of aliphatic imine (C=N–C) groups is 1. The second-order valence-corrected chi connectivity index (χ2v) is 14.6. The Morgan fingerprint density at radius 2 is 1.15 bits per heavy atom. The van der Waals surface area contributed by atoms with Gasteiger partial charge >= 0.3 is 66.9 Å². The maximum atomic E-state index is 12.4. The molecule has 4 aromatic carbocycles. The number of allylic oxidation sites excluding steroid dienone is 2. The fourth-order valence-corrected chi connectivity index (χ4v) is 5.04. The van der Waals surface area contributed by atoms with Crippen LogP contribution in [0.3, 0.4) is 0 Å². The molecule has 0 atom stereocenters. The summed E-state index contributed by atoms with van der Waals surface area (Å²) < 4.78 is 59.0. The molecule has 0 fully saturated rings. The maximum Gasteiger partial charge on any atom is 3.00 e. The van der Waals surface area contributed by atoms with Gasteiger partial charge in [0.2, 0.25) is 0 Å². The van der Waals surface area contributed by atoms with Crippen molar-refractivity contribution in [1.82, 2.24) is 9.44 Å². The topological polar surface area (TPSA) is 314 Å². The number of aliphatic hydroxyl groups is 1. The first kappa shape index (κ1) is 53.2. The molecule has 0 aliphatic carbocycles. The Balaban J connectivity index is 0.000000581. The summed E-state index contributed by atoms with van der Waals surface area (Å²) in [5, 5.41) is 74.9. The molecule has 0 spiro atoms. The number of para-hydroxylation sites is 2. The van der Waals surface area contributed by atoms with Crippen LogP contribution in [0.5, 0.6) is 23.0 Å². The van der Waals surface area contributed by atoms with Crippen molar-refractivity contribution in [2.45, 2.75) is 13.8 Å². The first-order valence-corrected chi connectivity index (χ1v) is 19.4. The smallest absolute Gasteiger partial charge is 0.874 e. The zero-order chi connectivity index (χ0) is 43.2. The van der Waals surface area contributed by atoms with E-state index in [-0.39, 0.29) is 90.6 Å². The van der Waals surface area contributed by atoms with E-state index in [0.29, 0.717) is 0 Å². The van der Waals surface area contributed by atoms with Crippen molar-refractivity contribution in [1.29, 1.82) is 0 Å². The predicted octanol–water partition coefficient (Wildman–Crippen LogP) is 0.793. The fourth-order valence-electron chi connectivity index (χ4n) is 3.79. The Kier molecular flexibility index (Phi) is 21.7. The third-order valence-corrected chi connectivity index (χ3v) is 9.05. The van der Waals surface area contributed by atoms with E-state index in [1.54, 1.807) is 36.4 Å². The van der Waals surface area contributed by atoms with Gasteiger partial charge in [0.15, 0.2) is 5.70 Å². The van der Waals surface area contributed by atoms with Gasteiger partial charge in [-0.25, -0.2) is 0 Å². The van der Waals surface area contributed by atoms with Gasteiger partial charge in [-0.2, -0.15) is 41.6 Å². The Hall–Kier alpha value is -4.79. The summed E-state index contributed by atoms with van der Waals surface area (Å²) in [6.07, 6.45) is 0. The molecule has 0 radical (unpaired) electrons. The summed E-state index contributed by atoms with van der Waals surface area (Å²) >= 11 is 11.9. The molecule has 4 rings (SSSR count). The molecular formula is C34H30Cl2CoN8NaO12S2. The Bertz CT molecular complexity index is 2540. The van der Waals surface area contributed by atoms with E-state index in [0.717, 1.165) is 57.4 Å². The van der Waals surface area contributed by atoms with Crippen LogP contribution in [0.4, 0.5) is 22.7 Å². The van der Waals surface area contributed by atoms with Crippen molar-refractivity contribution in [3.8, 4) is 23.0 Å². The van der Waals surface area contributed by atoms with E-state index >= 15 is 0 Å². The number of hydrogen-bond acceptors (Lipinski definition) is 17. The summed E-state index contributed by atoms with van der Waals surface area (Å²) in [5.74, 6) is -4.69. The van der Waals surface area contributed by atoms with Crippen molar-refractivity contribution in [2.75, 3.05) is 19.4 Å². The maximum absolute atomic E-state index is 12.4. The SMILES string of the molecule is CNS(=O)(=O)Oc1ccc([O-])c(N=N/C(C(=O)Nc2ccccc2Cl)=C(/C)O)c1.CNS(=O)(=O)Oc1ccc([O-])c(N=N/C(C([O-])=Nc2ccccc2Cl)=C(/C)[O-])c1.[Co+3].[Na+]. The van der Waals surface area contributed by atoms with Gasteiger partial charge in [0.25, 0.3) is 5.91 Å². The van der Waals surface area contributed by atoms with Crippen molar-refractivity contribution < 1.29 is 102 Å². The molecule has 0 saturated heterocycles. The molecule has 0 saturated carbocycles. The average molecular weight is 960 g/mol. The molecule has 4 N–H and O–H groups in total. The van der Waals surface area contributed by atoms with Crippen LogP contribution in [-0.2, 0) is 42.2 Å². The average Bonchev–Trinajstić information content (AvgIpc) is 3.16. The molecule has 60 heavy (non-hydrogen) atoms. The van der Waals surface area contributed by atoms with Crippen molar-refractivity contribution in [2.24, 2.45) is 25.4 Å². The van der Waals surface area contributed by atoms with E-state index in [9.17, 15) is 47.2 Å². The molecule has 0 aliphatic heterocycles. The van der Waals surface area contributed by atoms with Gasteiger partial charge in [-0.05, 0) is 43.3 Å². The Morgan fingerprint density at radius 3 is 1.58 bits per heavy atom. The number of azo groups is 2. The number of benzene rings is 4. The number of hydrogen-bond donors (Lipinski definition) is 4. The molecule has 26 heteroatoms. The normalized spacial score (nSPS) is 12.5. The van der Waals surface area contributed by atoms with Gasteiger partial charge in [-0.3, -0.25) is 9.79 Å². The van der Waals surface area contributed by atoms with Crippen LogP contribution in [0, 0.1) is 0 Å². The fraction of sp³-hybridized carbons (Fsp3) is 0.118.